The Hall–Kier alpha value is -2.36. The molecule has 1 fully saturated rings. The monoisotopic (exact) mass is 283 g/mol. The van der Waals surface area contributed by atoms with Gasteiger partial charge in [-0.1, -0.05) is 12.1 Å². The first-order valence-corrected chi connectivity index (χ1v) is 7.17. The topological polar surface area (TPSA) is 59.4 Å². The van der Waals surface area contributed by atoms with E-state index in [-0.39, 0.29) is 5.92 Å². The van der Waals surface area contributed by atoms with Crippen molar-refractivity contribution < 1.29 is 14.6 Å². The molecule has 0 bridgehead atoms. The van der Waals surface area contributed by atoms with Crippen LogP contribution in [0.3, 0.4) is 0 Å². The van der Waals surface area contributed by atoms with Gasteiger partial charge in [-0.3, -0.25) is 4.98 Å². The molecule has 21 heavy (non-hydrogen) atoms. The molecule has 4 nitrogen and oxygen atoms in total. The number of aromatic carboxylic acids is 1. The predicted octanol–water partition coefficient (Wildman–Crippen LogP) is 3.72. The van der Waals surface area contributed by atoms with Gasteiger partial charge >= 0.3 is 5.97 Å². The van der Waals surface area contributed by atoms with Gasteiger partial charge in [0.15, 0.2) is 0 Å². The lowest BCUT2D eigenvalue weighted by Crippen LogP contribution is -2.05. The number of rotatable bonds is 5. The molecule has 2 aromatic rings. The third kappa shape index (κ3) is 2.75. The lowest BCUT2D eigenvalue weighted by atomic mass is 10.1. The molecule has 0 radical (unpaired) electrons. The van der Waals surface area contributed by atoms with Crippen molar-refractivity contribution in [1.82, 2.24) is 4.98 Å². The molecule has 1 N–H and O–H groups in total. The van der Waals surface area contributed by atoms with Crippen LogP contribution in [0.5, 0.6) is 5.75 Å². The maximum atomic E-state index is 11.3. The number of pyridine rings is 1. The second kappa shape index (κ2) is 5.56. The van der Waals surface area contributed by atoms with Crippen LogP contribution in [0.1, 0.15) is 41.7 Å². The first-order valence-electron chi connectivity index (χ1n) is 7.17. The molecule has 1 aromatic heterocycles. The van der Waals surface area contributed by atoms with Crippen LogP contribution in [0.2, 0.25) is 0 Å². The molecule has 1 heterocycles. The molecule has 0 unspecified atom stereocenters. The molecule has 0 amide bonds. The number of carboxylic acids is 1. The summed E-state index contributed by atoms with van der Waals surface area (Å²) < 4.78 is 5.63. The summed E-state index contributed by atoms with van der Waals surface area (Å²) in [5.41, 5.74) is 2.69. The number of aromatic nitrogens is 1. The van der Waals surface area contributed by atoms with Crippen LogP contribution in [-0.4, -0.2) is 22.7 Å². The van der Waals surface area contributed by atoms with E-state index < -0.39 is 5.97 Å². The average molecular weight is 283 g/mol. The fraction of sp³-hybridized carbons (Fsp3) is 0.294. The number of carbonyl (C=O) groups is 1. The fourth-order valence-corrected chi connectivity index (χ4v) is 2.43. The van der Waals surface area contributed by atoms with Gasteiger partial charge in [0.05, 0.1) is 23.6 Å². The van der Waals surface area contributed by atoms with Crippen molar-refractivity contribution in [2.45, 2.75) is 25.7 Å². The van der Waals surface area contributed by atoms with Gasteiger partial charge < -0.3 is 9.84 Å². The lowest BCUT2D eigenvalue weighted by molar-refractivity contribution is 0.0695. The third-order valence-electron chi connectivity index (χ3n) is 3.58. The van der Waals surface area contributed by atoms with Gasteiger partial charge in [0.2, 0.25) is 0 Å². The minimum absolute atomic E-state index is 0.287. The number of nitrogens with zero attached hydrogens (tertiary/aromatic N) is 1. The normalized spacial score (nSPS) is 14.0. The predicted molar refractivity (Wildman–Crippen MR) is 79.8 cm³/mol. The van der Waals surface area contributed by atoms with E-state index in [1.807, 2.05) is 31.2 Å². The molecule has 0 saturated heterocycles. The highest BCUT2D eigenvalue weighted by Crippen LogP contribution is 2.42. The molecule has 4 heteroatoms. The van der Waals surface area contributed by atoms with Crippen LogP contribution in [-0.2, 0) is 0 Å². The summed E-state index contributed by atoms with van der Waals surface area (Å²) in [4.78, 5) is 15.9. The largest absolute Gasteiger partial charge is 0.493 e. The maximum Gasteiger partial charge on any atom is 0.337 e. The first-order chi connectivity index (χ1) is 10.2. The number of benzene rings is 1. The zero-order chi connectivity index (χ0) is 14.8. The average Bonchev–Trinajstić information content (AvgIpc) is 3.32. The summed E-state index contributed by atoms with van der Waals surface area (Å²) in [5.74, 6) is 0.154. The molecular formula is C17H17NO3. The molecule has 0 atom stereocenters. The Morgan fingerprint density at radius 1 is 1.29 bits per heavy atom. The summed E-state index contributed by atoms with van der Waals surface area (Å²) in [6, 6.07) is 11.1. The van der Waals surface area contributed by atoms with Crippen molar-refractivity contribution >= 4 is 5.97 Å². The van der Waals surface area contributed by atoms with E-state index in [0.717, 1.165) is 29.8 Å². The Morgan fingerprint density at radius 2 is 2.05 bits per heavy atom. The summed E-state index contributed by atoms with van der Waals surface area (Å²) in [6.45, 7) is 2.52. The van der Waals surface area contributed by atoms with Crippen molar-refractivity contribution in [3.63, 3.8) is 0 Å². The van der Waals surface area contributed by atoms with Crippen LogP contribution < -0.4 is 4.74 Å². The van der Waals surface area contributed by atoms with E-state index in [4.69, 9.17) is 4.74 Å². The Kier molecular flexibility index (Phi) is 3.60. The van der Waals surface area contributed by atoms with Gasteiger partial charge in [0.1, 0.15) is 5.75 Å². The van der Waals surface area contributed by atoms with Crippen molar-refractivity contribution in [3.8, 4) is 17.0 Å². The summed E-state index contributed by atoms with van der Waals surface area (Å²) in [6.07, 6.45) is 2.04. The van der Waals surface area contributed by atoms with Crippen molar-refractivity contribution in [1.29, 1.82) is 0 Å². The van der Waals surface area contributed by atoms with Crippen LogP contribution in [0.15, 0.2) is 36.4 Å². The minimum Gasteiger partial charge on any atom is -0.493 e. The third-order valence-corrected chi connectivity index (χ3v) is 3.58. The molecule has 108 valence electrons. The van der Waals surface area contributed by atoms with Gasteiger partial charge in [-0.25, -0.2) is 4.79 Å². The van der Waals surface area contributed by atoms with Crippen LogP contribution >= 0.6 is 0 Å². The number of hydrogen-bond donors (Lipinski definition) is 1. The first kappa shape index (κ1) is 13.6. The number of ether oxygens (including phenoxy) is 1. The molecule has 0 spiro atoms. The molecule has 1 aromatic carbocycles. The zero-order valence-corrected chi connectivity index (χ0v) is 11.9. The van der Waals surface area contributed by atoms with Gasteiger partial charge in [-0.2, -0.15) is 0 Å². The smallest absolute Gasteiger partial charge is 0.337 e. The van der Waals surface area contributed by atoms with Crippen molar-refractivity contribution in [2.24, 2.45) is 0 Å². The van der Waals surface area contributed by atoms with Gasteiger partial charge in [-0.15, -0.1) is 0 Å². The Labute approximate surface area is 123 Å². The van der Waals surface area contributed by atoms with Crippen molar-refractivity contribution in [3.05, 3.63) is 47.7 Å². The highest BCUT2D eigenvalue weighted by atomic mass is 16.5. The second-order valence-corrected chi connectivity index (χ2v) is 5.14. The Bertz CT molecular complexity index is 677. The molecule has 3 rings (SSSR count). The van der Waals surface area contributed by atoms with E-state index in [9.17, 15) is 9.90 Å². The van der Waals surface area contributed by atoms with E-state index in [2.05, 4.69) is 4.98 Å². The maximum absolute atomic E-state index is 11.3. The number of para-hydroxylation sites is 1. The molecule has 1 aliphatic rings. The SMILES string of the molecule is CCOc1ccccc1-c1ccc(C(=O)O)c(C2CC2)n1. The quantitative estimate of drug-likeness (QED) is 0.908. The lowest BCUT2D eigenvalue weighted by Gasteiger charge is -2.11. The minimum atomic E-state index is -0.908. The van der Waals surface area contributed by atoms with E-state index in [1.54, 1.807) is 12.1 Å². The van der Waals surface area contributed by atoms with E-state index >= 15 is 0 Å². The van der Waals surface area contributed by atoms with Crippen molar-refractivity contribution in [2.75, 3.05) is 6.61 Å². The zero-order valence-electron chi connectivity index (χ0n) is 11.9. The van der Waals surface area contributed by atoms with Gasteiger partial charge in [0.25, 0.3) is 0 Å². The van der Waals surface area contributed by atoms with E-state index in [0.29, 0.717) is 17.9 Å². The summed E-state index contributed by atoms with van der Waals surface area (Å²) in [5, 5.41) is 9.28. The molecule has 1 saturated carbocycles. The molecular weight excluding hydrogens is 266 g/mol. The summed E-state index contributed by atoms with van der Waals surface area (Å²) >= 11 is 0. The molecule has 0 aliphatic heterocycles. The van der Waals surface area contributed by atoms with Gasteiger partial charge in [0, 0.05) is 11.5 Å². The van der Waals surface area contributed by atoms with E-state index in [1.165, 1.54) is 0 Å². The van der Waals surface area contributed by atoms with Gasteiger partial charge in [-0.05, 0) is 44.0 Å². The number of hydrogen-bond acceptors (Lipinski definition) is 3. The Balaban J connectivity index is 2.07. The standard InChI is InChI=1S/C17H17NO3/c1-2-21-15-6-4-3-5-12(15)14-10-9-13(17(19)20)16(18-14)11-7-8-11/h3-6,9-11H,2,7-8H2,1H3,(H,19,20). The fourth-order valence-electron chi connectivity index (χ4n) is 2.43. The Morgan fingerprint density at radius 3 is 2.71 bits per heavy atom. The highest BCUT2D eigenvalue weighted by molar-refractivity contribution is 5.89. The molecule has 1 aliphatic carbocycles. The highest BCUT2D eigenvalue weighted by Gasteiger charge is 2.30. The van der Waals surface area contributed by atoms with Crippen LogP contribution in [0.25, 0.3) is 11.3 Å². The number of carboxylic acid groups (broad SMARTS) is 1. The van der Waals surface area contributed by atoms with Crippen LogP contribution in [0, 0.1) is 0 Å². The summed E-state index contributed by atoms with van der Waals surface area (Å²) in [7, 11) is 0. The second-order valence-electron chi connectivity index (χ2n) is 5.14. The van der Waals surface area contributed by atoms with Crippen LogP contribution in [0.4, 0.5) is 0 Å².